The van der Waals surface area contributed by atoms with Crippen LogP contribution in [0.15, 0.2) is 168 Å². The molecule has 0 fully saturated rings. The third kappa shape index (κ3) is 4.13. The summed E-state index contributed by atoms with van der Waals surface area (Å²) in [5, 5.41) is 10.0. The zero-order chi connectivity index (χ0) is 32.8. The molecule has 0 saturated carbocycles. The van der Waals surface area contributed by atoms with Gasteiger partial charge in [0.15, 0.2) is 0 Å². The molecule has 11 rings (SSSR count). The molecule has 0 bridgehead atoms. The molecule has 0 amide bonds. The lowest BCUT2D eigenvalue weighted by Crippen LogP contribution is -2.10. The van der Waals surface area contributed by atoms with Crippen LogP contribution in [0, 0.1) is 0 Å². The van der Waals surface area contributed by atoms with E-state index in [1.54, 1.807) is 0 Å². The van der Waals surface area contributed by atoms with E-state index in [1.165, 1.54) is 62.2 Å². The third-order valence-electron chi connectivity index (χ3n) is 10.1. The minimum atomic E-state index is 0.885. The molecule has 0 unspecified atom stereocenters. The fraction of sp³-hybridized carbons (Fsp3) is 0. The van der Waals surface area contributed by atoms with E-state index >= 15 is 0 Å². The zero-order valence-electron chi connectivity index (χ0n) is 26.8. The number of para-hydroxylation sites is 1. The Bertz CT molecular complexity index is 3100. The summed E-state index contributed by atoms with van der Waals surface area (Å²) < 4.78 is 11.7. The Morgan fingerprint density at radius 1 is 0.420 bits per heavy atom. The molecule has 0 atom stereocenters. The Morgan fingerprint density at radius 3 is 2.02 bits per heavy atom. The molecule has 0 spiro atoms. The lowest BCUT2D eigenvalue weighted by molar-refractivity contribution is 0.669. The number of benzene rings is 8. The molecule has 0 aliphatic rings. The van der Waals surface area contributed by atoms with Gasteiger partial charge in [-0.05, 0) is 76.5 Å². The van der Waals surface area contributed by atoms with E-state index in [2.05, 4.69) is 157 Å². The van der Waals surface area contributed by atoms with Crippen LogP contribution in [0.3, 0.4) is 0 Å². The van der Waals surface area contributed by atoms with Crippen LogP contribution in [0.4, 0.5) is 17.1 Å². The van der Waals surface area contributed by atoms with Gasteiger partial charge in [0.2, 0.25) is 0 Å². The van der Waals surface area contributed by atoms with E-state index in [4.69, 9.17) is 4.42 Å². The number of hydrogen-bond acceptors (Lipinski definition) is 4. The molecule has 0 N–H and O–H groups in total. The smallest absolute Gasteiger partial charge is 0.137 e. The fourth-order valence-corrected chi connectivity index (χ4v) is 10.3. The highest BCUT2D eigenvalue weighted by atomic mass is 32.1. The normalized spacial score (nSPS) is 12.0. The summed E-state index contributed by atoms with van der Waals surface area (Å²) in [5.74, 6) is 0. The van der Waals surface area contributed by atoms with Gasteiger partial charge in [0.25, 0.3) is 0 Å². The average molecular weight is 674 g/mol. The molecule has 3 heterocycles. The Hall–Kier alpha value is -5.94. The summed E-state index contributed by atoms with van der Waals surface area (Å²) in [6, 6.07) is 59.4. The van der Waals surface area contributed by atoms with Crippen LogP contribution in [0.2, 0.25) is 0 Å². The highest BCUT2D eigenvalue weighted by Crippen LogP contribution is 2.50. The first-order valence-electron chi connectivity index (χ1n) is 16.8. The molecule has 11 aromatic rings. The fourth-order valence-electron chi connectivity index (χ4n) is 7.80. The second-order valence-electron chi connectivity index (χ2n) is 12.9. The first-order chi connectivity index (χ1) is 24.8. The Kier molecular flexibility index (Phi) is 6.03. The molecule has 0 radical (unpaired) electrons. The van der Waals surface area contributed by atoms with Gasteiger partial charge in [-0.3, -0.25) is 0 Å². The van der Waals surface area contributed by atoms with Gasteiger partial charge in [0, 0.05) is 68.6 Å². The summed E-state index contributed by atoms with van der Waals surface area (Å²) >= 11 is 3.78. The first-order valence-corrected chi connectivity index (χ1v) is 18.5. The van der Waals surface area contributed by atoms with Crippen molar-refractivity contribution < 1.29 is 4.42 Å². The minimum Gasteiger partial charge on any atom is -0.456 e. The third-order valence-corrected chi connectivity index (χ3v) is 12.4. The quantitative estimate of drug-likeness (QED) is 0.185. The molecule has 4 heteroatoms. The van der Waals surface area contributed by atoms with Crippen LogP contribution in [-0.2, 0) is 0 Å². The van der Waals surface area contributed by atoms with Crippen molar-refractivity contribution in [3.05, 3.63) is 164 Å². The topological polar surface area (TPSA) is 16.4 Å². The van der Waals surface area contributed by atoms with Gasteiger partial charge in [0.1, 0.15) is 11.2 Å². The van der Waals surface area contributed by atoms with Crippen molar-refractivity contribution in [2.75, 3.05) is 4.90 Å². The number of furan rings is 1. The van der Waals surface area contributed by atoms with E-state index in [1.807, 2.05) is 34.8 Å². The van der Waals surface area contributed by atoms with Gasteiger partial charge < -0.3 is 9.32 Å². The van der Waals surface area contributed by atoms with Crippen LogP contribution >= 0.6 is 22.7 Å². The van der Waals surface area contributed by atoms with Gasteiger partial charge in [0.05, 0.1) is 5.69 Å². The number of anilines is 3. The van der Waals surface area contributed by atoms with Gasteiger partial charge in [-0.1, -0.05) is 103 Å². The van der Waals surface area contributed by atoms with Crippen LogP contribution in [0.5, 0.6) is 0 Å². The van der Waals surface area contributed by atoms with E-state index in [0.717, 1.165) is 39.0 Å². The zero-order valence-corrected chi connectivity index (χ0v) is 28.4. The predicted octanol–water partition coefficient (Wildman–Crippen LogP) is 14.6. The minimum absolute atomic E-state index is 0.885. The molecule has 0 saturated heterocycles. The number of rotatable bonds is 4. The van der Waals surface area contributed by atoms with E-state index in [9.17, 15) is 0 Å². The van der Waals surface area contributed by atoms with E-state index in [-0.39, 0.29) is 0 Å². The lowest BCUT2D eigenvalue weighted by atomic mass is 9.98. The molecule has 3 aromatic heterocycles. The molecule has 8 aromatic carbocycles. The monoisotopic (exact) mass is 673 g/mol. The van der Waals surface area contributed by atoms with Gasteiger partial charge >= 0.3 is 0 Å². The summed E-state index contributed by atoms with van der Waals surface area (Å²) in [6.07, 6.45) is 0. The van der Waals surface area contributed by atoms with Gasteiger partial charge in [-0.25, -0.2) is 0 Å². The summed E-state index contributed by atoms with van der Waals surface area (Å²) in [7, 11) is 0. The van der Waals surface area contributed by atoms with Gasteiger partial charge in [-0.2, -0.15) is 0 Å². The maximum absolute atomic E-state index is 6.44. The van der Waals surface area contributed by atoms with Crippen molar-refractivity contribution in [2.24, 2.45) is 0 Å². The lowest BCUT2D eigenvalue weighted by Gasteiger charge is -2.27. The Labute approximate surface area is 295 Å². The number of fused-ring (bicyclic) bond motifs is 11. The second-order valence-corrected chi connectivity index (χ2v) is 15.0. The molecular weight excluding hydrogens is 647 g/mol. The van der Waals surface area contributed by atoms with Gasteiger partial charge in [-0.15, -0.1) is 22.7 Å². The Balaban J connectivity index is 1.17. The van der Waals surface area contributed by atoms with Crippen molar-refractivity contribution in [1.82, 2.24) is 0 Å². The van der Waals surface area contributed by atoms with Crippen LogP contribution in [0.25, 0.3) is 84.2 Å². The molecule has 50 heavy (non-hydrogen) atoms. The summed E-state index contributed by atoms with van der Waals surface area (Å²) in [6.45, 7) is 0. The highest BCUT2D eigenvalue weighted by Gasteiger charge is 2.22. The molecule has 2 nitrogen and oxygen atoms in total. The molecule has 0 aliphatic carbocycles. The highest BCUT2D eigenvalue weighted by molar-refractivity contribution is 7.29. The van der Waals surface area contributed by atoms with E-state index < -0.39 is 0 Å². The Morgan fingerprint density at radius 2 is 1.10 bits per heavy atom. The van der Waals surface area contributed by atoms with Crippen molar-refractivity contribution in [2.45, 2.75) is 0 Å². The van der Waals surface area contributed by atoms with Crippen molar-refractivity contribution >= 4 is 113 Å². The van der Waals surface area contributed by atoms with Crippen molar-refractivity contribution in [3.8, 4) is 11.1 Å². The number of thiophene rings is 2. The molecule has 234 valence electrons. The second kappa shape index (κ2) is 10.8. The van der Waals surface area contributed by atoms with Crippen molar-refractivity contribution in [1.29, 1.82) is 0 Å². The van der Waals surface area contributed by atoms with Crippen LogP contribution < -0.4 is 4.90 Å². The molecule has 0 aliphatic heterocycles. The van der Waals surface area contributed by atoms with E-state index in [0.29, 0.717) is 0 Å². The predicted molar refractivity (Wildman–Crippen MR) is 217 cm³/mol. The van der Waals surface area contributed by atoms with Crippen LogP contribution in [0.1, 0.15) is 0 Å². The largest absolute Gasteiger partial charge is 0.456 e. The summed E-state index contributed by atoms with van der Waals surface area (Å²) in [5.41, 5.74) is 7.54. The maximum Gasteiger partial charge on any atom is 0.137 e. The average Bonchev–Trinajstić information content (AvgIpc) is 3.86. The SMILES string of the molecule is c1ccc2c(-c3ccc(N(c4ccc5c(c4)oc4ccccc45)c4cccc5sc6ccc7c8ccccc8sc7c6c45)cc3)cccc2c1. The first kappa shape index (κ1) is 28.0. The number of nitrogens with zero attached hydrogens (tertiary/aromatic N) is 1. The standard InChI is InChI=1S/C46H27NOS2/c1-2-11-32-28(9-1)10-7-14-33(32)29-19-21-30(22-20-29)47(31-23-24-35-34-12-3-5-16-39(34)48-40(35)27-31)38-15-8-18-42-44(38)45-43(49-42)26-25-37-36-13-4-6-17-41(36)50-46(37)45/h1-27H. The number of hydrogen-bond donors (Lipinski definition) is 0. The van der Waals surface area contributed by atoms with Crippen LogP contribution in [-0.4, -0.2) is 0 Å². The summed E-state index contributed by atoms with van der Waals surface area (Å²) in [4.78, 5) is 2.42. The van der Waals surface area contributed by atoms with Crippen molar-refractivity contribution in [3.63, 3.8) is 0 Å². The maximum atomic E-state index is 6.44. The molecular formula is C46H27NOS2.